The van der Waals surface area contributed by atoms with E-state index in [2.05, 4.69) is 15.3 Å². The first-order chi connectivity index (χ1) is 9.75. The van der Waals surface area contributed by atoms with Gasteiger partial charge in [0.15, 0.2) is 5.82 Å². The third-order valence-electron chi connectivity index (χ3n) is 2.61. The van der Waals surface area contributed by atoms with Crippen molar-refractivity contribution in [2.45, 2.75) is 0 Å². The largest absolute Gasteiger partial charge is 0.250 e. The van der Waals surface area contributed by atoms with Gasteiger partial charge in [0.1, 0.15) is 5.82 Å². The van der Waals surface area contributed by atoms with Gasteiger partial charge in [0.25, 0.3) is 0 Å². The molecule has 0 bridgehead atoms. The zero-order chi connectivity index (χ0) is 13.9. The summed E-state index contributed by atoms with van der Waals surface area (Å²) in [5, 5.41) is 13.0. The van der Waals surface area contributed by atoms with Crippen molar-refractivity contribution in [2.24, 2.45) is 5.10 Å². The minimum Gasteiger partial charge on any atom is -0.250 e. The van der Waals surface area contributed by atoms with Gasteiger partial charge in [0, 0.05) is 5.56 Å². The molecule has 0 atom stereocenters. The summed E-state index contributed by atoms with van der Waals surface area (Å²) in [5.74, 6) is 0.279. The Hall–Kier alpha value is -2.12. The van der Waals surface area contributed by atoms with E-state index in [0.29, 0.717) is 16.2 Å². The number of H-pyrrole nitrogens is 1. The number of aromatic amines is 1. The number of halogens is 1. The summed E-state index contributed by atoms with van der Waals surface area (Å²) in [6.45, 7) is 0. The van der Waals surface area contributed by atoms with Gasteiger partial charge in [0.2, 0.25) is 4.77 Å². The molecule has 100 valence electrons. The average molecular weight is 304 g/mol. The maximum absolute atomic E-state index is 13.5. The predicted octanol–water partition coefficient (Wildman–Crippen LogP) is 3.69. The summed E-state index contributed by atoms with van der Waals surface area (Å²) < 4.78 is 15.4. The number of nitrogens with one attached hydrogen (secondary N) is 1. The Balaban J connectivity index is 2.02. The molecule has 0 amide bonds. The van der Waals surface area contributed by atoms with Crippen LogP contribution in [-0.4, -0.2) is 21.1 Å². The van der Waals surface area contributed by atoms with Gasteiger partial charge in [-0.15, -0.1) is 11.3 Å². The van der Waals surface area contributed by atoms with Gasteiger partial charge in [-0.2, -0.15) is 14.9 Å². The molecule has 0 fully saturated rings. The quantitative estimate of drug-likeness (QED) is 0.592. The summed E-state index contributed by atoms with van der Waals surface area (Å²) in [6, 6.07) is 10.3. The number of thiophene rings is 1. The summed E-state index contributed by atoms with van der Waals surface area (Å²) in [6.07, 6.45) is 1.43. The van der Waals surface area contributed by atoms with Crippen molar-refractivity contribution in [3.63, 3.8) is 0 Å². The van der Waals surface area contributed by atoms with Crippen molar-refractivity contribution >= 4 is 29.8 Å². The highest BCUT2D eigenvalue weighted by Crippen LogP contribution is 2.22. The van der Waals surface area contributed by atoms with Crippen LogP contribution in [0.25, 0.3) is 10.7 Å². The Labute approximate surface area is 123 Å². The van der Waals surface area contributed by atoms with Gasteiger partial charge in [-0.3, -0.25) is 0 Å². The summed E-state index contributed by atoms with van der Waals surface area (Å²) in [7, 11) is 0. The molecule has 7 heteroatoms. The maximum Gasteiger partial charge on any atom is 0.216 e. The number of aromatic nitrogens is 3. The normalized spacial score (nSPS) is 11.2. The number of hydrogen-bond donors (Lipinski definition) is 1. The van der Waals surface area contributed by atoms with E-state index in [1.807, 2.05) is 17.5 Å². The molecule has 1 N–H and O–H groups in total. The lowest BCUT2D eigenvalue weighted by molar-refractivity contribution is 0.625. The van der Waals surface area contributed by atoms with Crippen LogP contribution in [-0.2, 0) is 0 Å². The van der Waals surface area contributed by atoms with Gasteiger partial charge in [0.05, 0.1) is 11.1 Å². The molecule has 0 aliphatic rings. The molecule has 0 saturated carbocycles. The molecule has 3 rings (SSSR count). The lowest BCUT2D eigenvalue weighted by Gasteiger charge is -1.98. The fourth-order valence-electron chi connectivity index (χ4n) is 1.66. The van der Waals surface area contributed by atoms with Crippen LogP contribution in [0.2, 0.25) is 0 Å². The molecule has 0 aliphatic carbocycles. The first kappa shape index (κ1) is 12.9. The molecule has 0 aliphatic heterocycles. The topological polar surface area (TPSA) is 46.0 Å². The van der Waals surface area contributed by atoms with E-state index in [-0.39, 0.29) is 5.82 Å². The fraction of sp³-hybridized carbons (Fsp3) is 0. The van der Waals surface area contributed by atoms with Crippen LogP contribution in [0, 0.1) is 10.6 Å². The van der Waals surface area contributed by atoms with Gasteiger partial charge in [-0.25, -0.2) is 9.49 Å². The highest BCUT2D eigenvalue weighted by atomic mass is 32.1. The van der Waals surface area contributed by atoms with Crippen LogP contribution in [0.1, 0.15) is 5.56 Å². The molecule has 20 heavy (non-hydrogen) atoms. The number of benzene rings is 1. The third-order valence-corrected chi connectivity index (χ3v) is 3.74. The van der Waals surface area contributed by atoms with E-state index >= 15 is 0 Å². The summed E-state index contributed by atoms with van der Waals surface area (Å²) in [5.41, 5.74) is 0.396. The molecule has 0 radical (unpaired) electrons. The average Bonchev–Trinajstić information content (AvgIpc) is 3.08. The molecular weight excluding hydrogens is 295 g/mol. The number of hydrogen-bond acceptors (Lipinski definition) is 4. The van der Waals surface area contributed by atoms with Gasteiger partial charge < -0.3 is 0 Å². The zero-order valence-electron chi connectivity index (χ0n) is 10.2. The summed E-state index contributed by atoms with van der Waals surface area (Å²) in [4.78, 5) is 0.933. The van der Waals surface area contributed by atoms with E-state index in [1.165, 1.54) is 28.3 Å². The van der Waals surface area contributed by atoms with Crippen LogP contribution >= 0.6 is 23.6 Å². The Bertz CT molecular complexity index is 802. The highest BCUT2D eigenvalue weighted by molar-refractivity contribution is 7.71. The van der Waals surface area contributed by atoms with Crippen molar-refractivity contribution in [3.8, 4) is 10.7 Å². The maximum atomic E-state index is 13.5. The molecular formula is C13H9FN4S2. The number of rotatable bonds is 3. The fourth-order valence-corrected chi connectivity index (χ4v) is 2.54. The van der Waals surface area contributed by atoms with Gasteiger partial charge in [-0.05, 0) is 29.7 Å². The zero-order valence-corrected chi connectivity index (χ0v) is 11.8. The first-order valence-corrected chi connectivity index (χ1v) is 7.04. The first-order valence-electron chi connectivity index (χ1n) is 5.76. The molecule has 4 nitrogen and oxygen atoms in total. The molecule has 3 aromatic rings. The van der Waals surface area contributed by atoms with Crippen molar-refractivity contribution in [3.05, 3.63) is 57.9 Å². The Morgan fingerprint density at radius 1 is 1.30 bits per heavy atom. The van der Waals surface area contributed by atoms with Gasteiger partial charge in [-0.1, -0.05) is 24.3 Å². The smallest absolute Gasteiger partial charge is 0.216 e. The monoisotopic (exact) mass is 304 g/mol. The second-order valence-electron chi connectivity index (χ2n) is 3.91. The third kappa shape index (κ3) is 2.45. The minimum atomic E-state index is -0.330. The second kappa shape index (κ2) is 5.48. The molecule has 0 unspecified atom stereocenters. The van der Waals surface area contributed by atoms with Crippen molar-refractivity contribution in [1.82, 2.24) is 14.9 Å². The molecule has 0 spiro atoms. The highest BCUT2D eigenvalue weighted by Gasteiger charge is 2.08. The van der Waals surface area contributed by atoms with E-state index < -0.39 is 0 Å². The standard InChI is InChI=1S/C13H9FN4S2/c14-10-5-2-1-4-9(10)8-15-18-12(16-17-13(18)19)11-6-3-7-20-11/h1-8H,(H,17,19)/b15-8-. The molecule has 0 saturated heterocycles. The number of nitrogens with zero attached hydrogens (tertiary/aromatic N) is 3. The van der Waals surface area contributed by atoms with Crippen LogP contribution in [0.15, 0.2) is 46.9 Å². The molecule has 2 heterocycles. The van der Waals surface area contributed by atoms with Gasteiger partial charge >= 0.3 is 0 Å². The van der Waals surface area contributed by atoms with Crippen LogP contribution in [0.3, 0.4) is 0 Å². The van der Waals surface area contributed by atoms with E-state index in [1.54, 1.807) is 18.2 Å². The lowest BCUT2D eigenvalue weighted by Crippen LogP contribution is -1.95. The van der Waals surface area contributed by atoms with Crippen molar-refractivity contribution in [1.29, 1.82) is 0 Å². The van der Waals surface area contributed by atoms with E-state index in [0.717, 1.165) is 4.88 Å². The van der Waals surface area contributed by atoms with Crippen molar-refractivity contribution < 1.29 is 4.39 Å². The Morgan fingerprint density at radius 3 is 2.90 bits per heavy atom. The van der Waals surface area contributed by atoms with Crippen LogP contribution < -0.4 is 0 Å². The molecule has 1 aromatic carbocycles. The van der Waals surface area contributed by atoms with E-state index in [9.17, 15) is 4.39 Å². The van der Waals surface area contributed by atoms with E-state index in [4.69, 9.17) is 12.2 Å². The summed E-state index contributed by atoms with van der Waals surface area (Å²) >= 11 is 6.67. The Kier molecular flexibility index (Phi) is 3.53. The van der Waals surface area contributed by atoms with Crippen molar-refractivity contribution in [2.75, 3.05) is 0 Å². The SMILES string of the molecule is Fc1ccccc1/C=N\n1c(-c2cccs2)n[nH]c1=S. The lowest BCUT2D eigenvalue weighted by atomic mass is 10.2. The van der Waals surface area contributed by atoms with Crippen LogP contribution in [0.5, 0.6) is 0 Å². The predicted molar refractivity (Wildman–Crippen MR) is 80.1 cm³/mol. The molecule has 2 aromatic heterocycles. The second-order valence-corrected chi connectivity index (χ2v) is 5.24. The minimum absolute atomic E-state index is 0.330. The van der Waals surface area contributed by atoms with Crippen LogP contribution in [0.4, 0.5) is 4.39 Å². The Morgan fingerprint density at radius 2 is 2.15 bits per heavy atom.